The maximum atomic E-state index is 15.2. The van der Waals surface area contributed by atoms with Crippen LogP contribution in [0.2, 0.25) is 0 Å². The minimum Gasteiger partial charge on any atom is -0.487 e. The van der Waals surface area contributed by atoms with Gasteiger partial charge in [-0.1, -0.05) is 18.2 Å². The molecule has 0 bridgehead atoms. The Balaban J connectivity index is 1.32. The van der Waals surface area contributed by atoms with E-state index in [2.05, 4.69) is 4.98 Å². The molecule has 0 atom stereocenters. The quantitative estimate of drug-likeness (QED) is 0.182. The van der Waals surface area contributed by atoms with E-state index < -0.39 is 29.6 Å². The van der Waals surface area contributed by atoms with Crippen molar-refractivity contribution >= 4 is 28.4 Å². The van der Waals surface area contributed by atoms with Gasteiger partial charge in [0.05, 0.1) is 17.0 Å². The zero-order chi connectivity index (χ0) is 30.7. The SMILES string of the molecule is CC(C)Oc1cc2c(Oc3ccc(CC(=O)C4(C(=O)Cc5ccc(F)cc5)CC4)cc3F)ccnc2cc1OCC(=O)O. The number of carbonyl (C=O) groups excluding carboxylic acids is 2. The van der Waals surface area contributed by atoms with Crippen molar-refractivity contribution in [2.45, 2.75) is 45.6 Å². The van der Waals surface area contributed by atoms with E-state index in [4.69, 9.17) is 19.3 Å². The first kappa shape index (κ1) is 29.6. The zero-order valence-electron chi connectivity index (χ0n) is 23.6. The highest BCUT2D eigenvalue weighted by Gasteiger charge is 2.54. The number of carboxylic acid groups (broad SMARTS) is 1. The number of rotatable bonds is 13. The predicted molar refractivity (Wildman–Crippen MR) is 153 cm³/mol. The molecule has 1 aromatic heterocycles. The lowest BCUT2D eigenvalue weighted by atomic mass is 9.88. The third-order valence-corrected chi connectivity index (χ3v) is 7.16. The van der Waals surface area contributed by atoms with E-state index in [0.29, 0.717) is 34.9 Å². The molecule has 8 nitrogen and oxygen atoms in total. The molecular formula is C33H29F2NO7. The molecule has 43 heavy (non-hydrogen) atoms. The van der Waals surface area contributed by atoms with Gasteiger partial charge in [0.1, 0.15) is 11.6 Å². The molecular weight excluding hydrogens is 560 g/mol. The highest BCUT2D eigenvalue weighted by molar-refractivity contribution is 6.11. The lowest BCUT2D eigenvalue weighted by Gasteiger charge is -2.17. The van der Waals surface area contributed by atoms with Gasteiger partial charge in [-0.15, -0.1) is 0 Å². The molecule has 0 saturated heterocycles. The van der Waals surface area contributed by atoms with Gasteiger partial charge in [-0.05, 0) is 74.2 Å². The number of ketones is 2. The fraction of sp³-hybridized carbons (Fsp3) is 0.273. The summed E-state index contributed by atoms with van der Waals surface area (Å²) < 4.78 is 45.5. The summed E-state index contributed by atoms with van der Waals surface area (Å²) in [4.78, 5) is 41.4. The van der Waals surface area contributed by atoms with Crippen molar-refractivity contribution < 1.29 is 42.5 Å². The van der Waals surface area contributed by atoms with Gasteiger partial charge in [-0.2, -0.15) is 0 Å². The number of nitrogens with zero attached hydrogens (tertiary/aromatic N) is 1. The molecule has 0 aliphatic heterocycles. The Labute approximate surface area is 246 Å². The Bertz CT molecular complexity index is 1700. The molecule has 3 aromatic carbocycles. The number of benzene rings is 3. The van der Waals surface area contributed by atoms with Crippen molar-refractivity contribution in [3.05, 3.63) is 89.6 Å². The molecule has 1 heterocycles. The average Bonchev–Trinajstić information content (AvgIpc) is 3.77. The van der Waals surface area contributed by atoms with Gasteiger partial charge in [0, 0.05) is 30.5 Å². The van der Waals surface area contributed by atoms with Gasteiger partial charge in [0.25, 0.3) is 0 Å². The van der Waals surface area contributed by atoms with Crippen LogP contribution in [0.15, 0.2) is 66.9 Å². The number of carboxylic acids is 1. The van der Waals surface area contributed by atoms with Crippen molar-refractivity contribution in [2.24, 2.45) is 5.41 Å². The van der Waals surface area contributed by atoms with Gasteiger partial charge < -0.3 is 19.3 Å². The maximum Gasteiger partial charge on any atom is 0.341 e. The number of fused-ring (bicyclic) bond motifs is 1. The van der Waals surface area contributed by atoms with Gasteiger partial charge in [0.2, 0.25) is 0 Å². The molecule has 4 aromatic rings. The first-order valence-corrected chi connectivity index (χ1v) is 13.8. The Hall–Kier alpha value is -4.86. The summed E-state index contributed by atoms with van der Waals surface area (Å²) in [6, 6.07) is 14.5. The van der Waals surface area contributed by atoms with Crippen molar-refractivity contribution in [1.29, 1.82) is 0 Å². The third kappa shape index (κ3) is 6.80. The minimum absolute atomic E-state index is 0.0319. The van der Waals surface area contributed by atoms with E-state index in [1.807, 2.05) is 0 Å². The predicted octanol–water partition coefficient (Wildman–Crippen LogP) is 6.26. The smallest absolute Gasteiger partial charge is 0.341 e. The van der Waals surface area contributed by atoms with Crippen molar-refractivity contribution in [1.82, 2.24) is 4.98 Å². The Morgan fingerprint density at radius 3 is 2.16 bits per heavy atom. The van der Waals surface area contributed by atoms with Crippen LogP contribution in [-0.4, -0.2) is 40.3 Å². The van der Waals surface area contributed by atoms with E-state index in [9.17, 15) is 18.8 Å². The van der Waals surface area contributed by atoms with Gasteiger partial charge in [-0.25, -0.2) is 13.6 Å². The summed E-state index contributed by atoms with van der Waals surface area (Å²) in [6.07, 6.45) is 2.02. The van der Waals surface area contributed by atoms with Crippen LogP contribution in [0.25, 0.3) is 10.9 Å². The Morgan fingerprint density at radius 1 is 0.860 bits per heavy atom. The number of hydrogen-bond donors (Lipinski definition) is 1. The second-order valence-corrected chi connectivity index (χ2v) is 10.7. The van der Waals surface area contributed by atoms with Crippen LogP contribution in [0.4, 0.5) is 8.78 Å². The van der Waals surface area contributed by atoms with Gasteiger partial charge in [-0.3, -0.25) is 14.6 Å². The van der Waals surface area contributed by atoms with Crippen LogP contribution < -0.4 is 14.2 Å². The second-order valence-electron chi connectivity index (χ2n) is 10.7. The molecule has 0 radical (unpaired) electrons. The lowest BCUT2D eigenvalue weighted by molar-refractivity contribution is -0.139. The largest absolute Gasteiger partial charge is 0.487 e. The van der Waals surface area contributed by atoms with E-state index in [-0.39, 0.29) is 53.5 Å². The average molecular weight is 590 g/mol. The molecule has 0 spiro atoms. The minimum atomic E-state index is -1.15. The summed E-state index contributed by atoms with van der Waals surface area (Å²) in [7, 11) is 0. The summed E-state index contributed by atoms with van der Waals surface area (Å²) in [5, 5.41) is 9.49. The molecule has 1 aliphatic rings. The topological polar surface area (TPSA) is 112 Å². The second kappa shape index (κ2) is 12.2. The van der Waals surface area contributed by atoms with Crippen LogP contribution in [0.3, 0.4) is 0 Å². The number of Topliss-reactive ketones (excluding diaryl/α,β-unsaturated/α-hetero) is 2. The molecule has 1 aliphatic carbocycles. The molecule has 222 valence electrons. The first-order valence-electron chi connectivity index (χ1n) is 13.8. The van der Waals surface area contributed by atoms with Crippen molar-refractivity contribution in [3.63, 3.8) is 0 Å². The normalized spacial score (nSPS) is 13.5. The standard InChI is InChI=1S/C33H29F2NO7/c1-19(2)42-29-16-23-25(17-28(29)41-18-32(39)40)36-12-9-26(23)43-27-8-5-21(13-24(27)35)15-31(38)33(10-11-33)30(37)14-20-3-6-22(34)7-4-20/h3-9,12-13,16-17,19H,10-11,14-15,18H2,1-2H3,(H,39,40). The lowest BCUT2D eigenvalue weighted by Crippen LogP contribution is -2.28. The van der Waals surface area contributed by atoms with Crippen LogP contribution in [-0.2, 0) is 27.2 Å². The monoisotopic (exact) mass is 589 g/mol. The number of pyridine rings is 1. The van der Waals surface area contributed by atoms with Gasteiger partial charge in [0.15, 0.2) is 41.2 Å². The van der Waals surface area contributed by atoms with Crippen molar-refractivity contribution in [2.75, 3.05) is 6.61 Å². The number of ether oxygens (including phenoxy) is 3. The first-order chi connectivity index (χ1) is 20.5. The van der Waals surface area contributed by atoms with E-state index in [0.717, 1.165) is 0 Å². The number of aliphatic carboxylic acids is 1. The molecule has 10 heteroatoms. The van der Waals surface area contributed by atoms with E-state index in [1.165, 1.54) is 48.7 Å². The molecule has 0 amide bonds. The number of carbonyl (C=O) groups is 3. The van der Waals surface area contributed by atoms with E-state index >= 15 is 4.39 Å². The Kier molecular flexibility index (Phi) is 8.38. The molecule has 1 N–H and O–H groups in total. The van der Waals surface area contributed by atoms with Crippen LogP contribution in [0.1, 0.15) is 37.8 Å². The number of aromatic nitrogens is 1. The summed E-state index contributed by atoms with van der Waals surface area (Å²) >= 11 is 0. The highest BCUT2D eigenvalue weighted by atomic mass is 19.1. The summed E-state index contributed by atoms with van der Waals surface area (Å²) in [5.41, 5.74) is 0.368. The van der Waals surface area contributed by atoms with Crippen LogP contribution >= 0.6 is 0 Å². The molecule has 5 rings (SSSR count). The fourth-order valence-corrected chi connectivity index (χ4v) is 4.82. The van der Waals surface area contributed by atoms with Crippen LogP contribution in [0.5, 0.6) is 23.0 Å². The summed E-state index contributed by atoms with van der Waals surface area (Å²) in [5.74, 6) is -2.08. The third-order valence-electron chi connectivity index (χ3n) is 7.16. The Morgan fingerprint density at radius 2 is 1.53 bits per heavy atom. The fourth-order valence-electron chi connectivity index (χ4n) is 4.82. The zero-order valence-corrected chi connectivity index (χ0v) is 23.6. The van der Waals surface area contributed by atoms with Crippen molar-refractivity contribution in [3.8, 4) is 23.0 Å². The highest BCUT2D eigenvalue weighted by Crippen LogP contribution is 2.49. The maximum absolute atomic E-state index is 15.2. The molecule has 0 unspecified atom stereocenters. The molecule has 1 fully saturated rings. The summed E-state index contributed by atoms with van der Waals surface area (Å²) in [6.45, 7) is 3.04. The number of hydrogen-bond acceptors (Lipinski definition) is 7. The molecule has 1 saturated carbocycles. The number of halogens is 2. The van der Waals surface area contributed by atoms with Gasteiger partial charge >= 0.3 is 5.97 Å². The van der Waals surface area contributed by atoms with Crippen LogP contribution in [0, 0.1) is 17.0 Å². The van der Waals surface area contributed by atoms with E-state index in [1.54, 1.807) is 32.0 Å².